The van der Waals surface area contributed by atoms with Crippen LogP contribution in [0.1, 0.15) is 30.0 Å². The first-order chi connectivity index (χ1) is 6.27. The number of phenols is 1. The van der Waals surface area contributed by atoms with Crippen LogP contribution in [0.4, 0.5) is 0 Å². The average Bonchev–Trinajstić information content (AvgIpc) is 2.62. The Hall–Kier alpha value is -1.02. The number of benzene rings is 1. The summed E-state index contributed by atoms with van der Waals surface area (Å²) in [5, 5.41) is 12.8. The van der Waals surface area contributed by atoms with Crippen molar-refractivity contribution in [2.75, 3.05) is 6.54 Å². The quantitative estimate of drug-likeness (QED) is 0.688. The van der Waals surface area contributed by atoms with Gasteiger partial charge in [-0.15, -0.1) is 0 Å². The number of hydrogen-bond acceptors (Lipinski definition) is 2. The Bertz CT molecular complexity index is 303. The molecule has 1 saturated heterocycles. The Kier molecular flexibility index (Phi) is 2.23. The summed E-state index contributed by atoms with van der Waals surface area (Å²) >= 11 is 0. The lowest BCUT2D eigenvalue weighted by molar-refractivity contribution is 0.470. The lowest BCUT2D eigenvalue weighted by Crippen LogP contribution is -2.12. The van der Waals surface area contributed by atoms with Gasteiger partial charge >= 0.3 is 0 Å². The van der Waals surface area contributed by atoms with Gasteiger partial charge in [-0.3, -0.25) is 0 Å². The monoisotopic (exact) mass is 177 g/mol. The highest BCUT2D eigenvalue weighted by Gasteiger charge is 2.16. The van der Waals surface area contributed by atoms with Gasteiger partial charge in [-0.05, 0) is 43.5 Å². The molecule has 0 aromatic heterocycles. The van der Waals surface area contributed by atoms with E-state index in [1.165, 1.54) is 18.4 Å². The Morgan fingerprint density at radius 1 is 1.46 bits per heavy atom. The van der Waals surface area contributed by atoms with E-state index in [0.717, 1.165) is 12.1 Å². The molecule has 1 aliphatic rings. The predicted octanol–water partition coefficient (Wildman–Crippen LogP) is 2.13. The van der Waals surface area contributed by atoms with Crippen LogP contribution in [0.25, 0.3) is 0 Å². The molecule has 2 nitrogen and oxygen atoms in total. The number of aromatic hydroxyl groups is 1. The molecule has 0 aliphatic carbocycles. The van der Waals surface area contributed by atoms with E-state index in [2.05, 4.69) is 11.4 Å². The van der Waals surface area contributed by atoms with Crippen LogP contribution in [0.3, 0.4) is 0 Å². The third kappa shape index (κ3) is 1.68. The molecule has 0 saturated carbocycles. The first-order valence-electron chi connectivity index (χ1n) is 4.80. The number of rotatable bonds is 1. The predicted molar refractivity (Wildman–Crippen MR) is 52.8 cm³/mol. The van der Waals surface area contributed by atoms with Crippen LogP contribution in [0.5, 0.6) is 5.75 Å². The molecular formula is C11H15NO. The van der Waals surface area contributed by atoms with Crippen LogP contribution in [-0.4, -0.2) is 11.7 Å². The van der Waals surface area contributed by atoms with Crippen molar-refractivity contribution >= 4 is 0 Å². The number of phenolic OH excluding ortho intramolecular Hbond substituents is 1. The lowest BCUT2D eigenvalue weighted by atomic mass is 10.0. The Morgan fingerprint density at radius 2 is 2.31 bits per heavy atom. The molecular weight excluding hydrogens is 162 g/mol. The van der Waals surface area contributed by atoms with Crippen molar-refractivity contribution < 1.29 is 5.11 Å². The van der Waals surface area contributed by atoms with Crippen molar-refractivity contribution in [3.05, 3.63) is 29.3 Å². The molecule has 1 heterocycles. The summed E-state index contributed by atoms with van der Waals surface area (Å²) < 4.78 is 0. The van der Waals surface area contributed by atoms with Crippen LogP contribution >= 0.6 is 0 Å². The van der Waals surface area contributed by atoms with E-state index < -0.39 is 0 Å². The van der Waals surface area contributed by atoms with Gasteiger partial charge < -0.3 is 10.4 Å². The molecule has 0 spiro atoms. The van der Waals surface area contributed by atoms with Crippen LogP contribution in [-0.2, 0) is 0 Å². The fraction of sp³-hybridized carbons (Fsp3) is 0.455. The van der Waals surface area contributed by atoms with Crippen LogP contribution in [0.2, 0.25) is 0 Å². The highest BCUT2D eigenvalue weighted by molar-refractivity contribution is 5.36. The molecule has 0 bridgehead atoms. The fourth-order valence-corrected chi connectivity index (χ4v) is 1.86. The van der Waals surface area contributed by atoms with Gasteiger partial charge in [0.1, 0.15) is 5.75 Å². The molecule has 2 rings (SSSR count). The Balaban J connectivity index is 2.25. The summed E-state index contributed by atoms with van der Waals surface area (Å²) in [7, 11) is 0. The summed E-state index contributed by atoms with van der Waals surface area (Å²) in [6.07, 6.45) is 2.47. The van der Waals surface area contributed by atoms with E-state index in [9.17, 15) is 5.11 Å². The van der Waals surface area contributed by atoms with Crippen molar-refractivity contribution in [3.63, 3.8) is 0 Å². The van der Waals surface area contributed by atoms with Gasteiger partial charge in [0, 0.05) is 6.04 Å². The van der Waals surface area contributed by atoms with Crippen molar-refractivity contribution in [1.29, 1.82) is 0 Å². The van der Waals surface area contributed by atoms with Crippen molar-refractivity contribution in [2.45, 2.75) is 25.8 Å². The largest absolute Gasteiger partial charge is 0.508 e. The van der Waals surface area contributed by atoms with E-state index in [0.29, 0.717) is 11.8 Å². The molecule has 13 heavy (non-hydrogen) atoms. The molecule has 1 aromatic carbocycles. The summed E-state index contributed by atoms with van der Waals surface area (Å²) in [4.78, 5) is 0. The highest BCUT2D eigenvalue weighted by Crippen LogP contribution is 2.26. The molecule has 2 N–H and O–H groups in total. The smallest absolute Gasteiger partial charge is 0.118 e. The Morgan fingerprint density at radius 3 is 2.92 bits per heavy atom. The van der Waals surface area contributed by atoms with E-state index >= 15 is 0 Å². The zero-order chi connectivity index (χ0) is 9.26. The lowest BCUT2D eigenvalue weighted by Gasteiger charge is -2.11. The van der Waals surface area contributed by atoms with Gasteiger partial charge in [-0.25, -0.2) is 0 Å². The number of hydrogen-bond donors (Lipinski definition) is 2. The van der Waals surface area contributed by atoms with E-state index in [-0.39, 0.29) is 0 Å². The summed E-state index contributed by atoms with van der Waals surface area (Å²) in [5.41, 5.74) is 2.26. The van der Waals surface area contributed by atoms with Crippen molar-refractivity contribution in [3.8, 4) is 5.75 Å². The van der Waals surface area contributed by atoms with Gasteiger partial charge in [-0.2, -0.15) is 0 Å². The maximum absolute atomic E-state index is 9.37. The Labute approximate surface area is 78.6 Å². The van der Waals surface area contributed by atoms with Gasteiger partial charge in [0.15, 0.2) is 0 Å². The van der Waals surface area contributed by atoms with E-state index in [1.54, 1.807) is 6.07 Å². The summed E-state index contributed by atoms with van der Waals surface area (Å²) in [6, 6.07) is 6.35. The normalized spacial score (nSPS) is 22.1. The zero-order valence-electron chi connectivity index (χ0n) is 7.88. The maximum atomic E-state index is 9.37. The first-order valence-corrected chi connectivity index (χ1v) is 4.80. The molecule has 0 amide bonds. The van der Waals surface area contributed by atoms with E-state index in [4.69, 9.17) is 0 Å². The second kappa shape index (κ2) is 3.38. The second-order valence-electron chi connectivity index (χ2n) is 3.69. The third-order valence-corrected chi connectivity index (χ3v) is 2.68. The second-order valence-corrected chi connectivity index (χ2v) is 3.69. The summed E-state index contributed by atoms with van der Waals surface area (Å²) in [5.74, 6) is 0.391. The first kappa shape index (κ1) is 8.57. The van der Waals surface area contributed by atoms with E-state index in [1.807, 2.05) is 13.0 Å². The van der Waals surface area contributed by atoms with Crippen molar-refractivity contribution in [2.24, 2.45) is 0 Å². The molecule has 1 aromatic rings. The molecule has 70 valence electrons. The zero-order valence-corrected chi connectivity index (χ0v) is 7.88. The standard InChI is InChI=1S/C11H15NO/c1-8-7-9(4-5-11(8)13)10-3-2-6-12-10/h4-5,7,10,12-13H,2-3,6H2,1H3/t10-/m0/s1. The molecule has 0 unspecified atom stereocenters. The topological polar surface area (TPSA) is 32.3 Å². The SMILES string of the molecule is Cc1cc([C@@H]2CCCN2)ccc1O. The fourth-order valence-electron chi connectivity index (χ4n) is 1.86. The minimum Gasteiger partial charge on any atom is -0.508 e. The van der Waals surface area contributed by atoms with Crippen LogP contribution in [0.15, 0.2) is 18.2 Å². The maximum Gasteiger partial charge on any atom is 0.118 e. The summed E-state index contributed by atoms with van der Waals surface area (Å²) in [6.45, 7) is 3.05. The van der Waals surface area contributed by atoms with Gasteiger partial charge in [-0.1, -0.05) is 12.1 Å². The molecule has 1 aliphatic heterocycles. The minimum absolute atomic E-state index is 0.391. The van der Waals surface area contributed by atoms with Crippen LogP contribution < -0.4 is 5.32 Å². The van der Waals surface area contributed by atoms with Gasteiger partial charge in [0.2, 0.25) is 0 Å². The number of nitrogens with one attached hydrogen (secondary N) is 1. The third-order valence-electron chi connectivity index (χ3n) is 2.68. The average molecular weight is 177 g/mol. The van der Waals surface area contributed by atoms with Crippen molar-refractivity contribution in [1.82, 2.24) is 5.32 Å². The van der Waals surface area contributed by atoms with Gasteiger partial charge in [0.05, 0.1) is 0 Å². The molecule has 2 heteroatoms. The highest BCUT2D eigenvalue weighted by atomic mass is 16.3. The molecule has 1 fully saturated rings. The molecule has 1 atom stereocenters. The molecule has 0 radical (unpaired) electrons. The minimum atomic E-state index is 0.391. The van der Waals surface area contributed by atoms with Gasteiger partial charge in [0.25, 0.3) is 0 Å². The number of aryl methyl sites for hydroxylation is 1. The van der Waals surface area contributed by atoms with Crippen LogP contribution in [0, 0.1) is 6.92 Å².